The summed E-state index contributed by atoms with van der Waals surface area (Å²) < 4.78 is 16.8. The number of ether oxygens (including phenoxy) is 3. The number of thiocarbonyl (C=S) groups is 1. The van der Waals surface area contributed by atoms with Crippen LogP contribution in [-0.2, 0) is 4.79 Å². The van der Waals surface area contributed by atoms with Crippen LogP contribution < -0.4 is 24.8 Å². The number of fused-ring (bicyclic) bond motifs is 1. The molecule has 2 N–H and O–H groups in total. The number of halogens is 1. The van der Waals surface area contributed by atoms with E-state index in [1.165, 1.54) is 0 Å². The van der Waals surface area contributed by atoms with Crippen molar-refractivity contribution in [2.75, 3.05) is 19.5 Å². The molecule has 3 rings (SSSR count). The third-order valence-electron chi connectivity index (χ3n) is 5.02. The van der Waals surface area contributed by atoms with Gasteiger partial charge in [-0.2, -0.15) is 0 Å². The van der Waals surface area contributed by atoms with Crippen LogP contribution in [0.3, 0.4) is 0 Å². The Morgan fingerprint density at radius 3 is 2.48 bits per heavy atom. The lowest BCUT2D eigenvalue weighted by molar-refractivity contribution is -0.123. The second-order valence-electron chi connectivity index (χ2n) is 7.41. The lowest BCUT2D eigenvalue weighted by atomic mass is 10.1. The van der Waals surface area contributed by atoms with Crippen molar-refractivity contribution in [1.29, 1.82) is 0 Å². The molecule has 0 saturated carbocycles. The Morgan fingerprint density at radius 2 is 1.82 bits per heavy atom. The second-order valence-corrected chi connectivity index (χ2v) is 8.23. The Morgan fingerprint density at radius 1 is 1.09 bits per heavy atom. The van der Waals surface area contributed by atoms with E-state index in [0.29, 0.717) is 39.2 Å². The Kier molecular flexibility index (Phi) is 8.30. The Bertz CT molecular complexity index is 1170. The maximum absolute atomic E-state index is 12.1. The first-order chi connectivity index (χ1) is 15.9. The van der Waals surface area contributed by atoms with Crippen molar-refractivity contribution < 1.29 is 19.0 Å². The average Bonchev–Trinajstić information content (AvgIpc) is 2.80. The van der Waals surface area contributed by atoms with Crippen LogP contribution in [-0.4, -0.2) is 30.2 Å². The molecule has 0 spiro atoms. The molecular formula is C24H26ClN3O4S. The fourth-order valence-electron chi connectivity index (χ4n) is 3.28. The van der Waals surface area contributed by atoms with E-state index in [0.717, 1.165) is 18.2 Å². The smallest absolute Gasteiger partial charge is 0.228 e. The minimum atomic E-state index is -0.114. The number of amides is 1. The number of methoxy groups -OCH3 is 2. The van der Waals surface area contributed by atoms with E-state index in [1.54, 1.807) is 56.8 Å². The van der Waals surface area contributed by atoms with Gasteiger partial charge in [-0.15, -0.1) is 0 Å². The Balaban J connectivity index is 1.76. The Labute approximate surface area is 203 Å². The number of benzene rings is 2. The zero-order chi connectivity index (χ0) is 24.0. The zero-order valence-corrected chi connectivity index (χ0v) is 20.5. The van der Waals surface area contributed by atoms with Crippen molar-refractivity contribution in [3.63, 3.8) is 0 Å². The summed E-state index contributed by atoms with van der Waals surface area (Å²) in [6.45, 7) is 3.91. The summed E-state index contributed by atoms with van der Waals surface area (Å²) in [4.78, 5) is 16.5. The third-order valence-corrected chi connectivity index (χ3v) is 5.52. The molecule has 1 atom stereocenters. The number of nitrogens with zero attached hydrogens (tertiary/aromatic N) is 1. The summed E-state index contributed by atoms with van der Waals surface area (Å²) in [6, 6.07) is 10.5. The molecule has 2 aromatic carbocycles. The van der Waals surface area contributed by atoms with Gasteiger partial charge in [-0.25, -0.2) is 0 Å². The minimum Gasteiger partial charge on any atom is -0.493 e. The van der Waals surface area contributed by atoms with Crippen LogP contribution in [0.15, 0.2) is 42.6 Å². The molecule has 33 heavy (non-hydrogen) atoms. The summed E-state index contributed by atoms with van der Waals surface area (Å²) in [5.74, 6) is 1.94. The van der Waals surface area contributed by atoms with Crippen molar-refractivity contribution in [2.45, 2.75) is 26.7 Å². The first-order valence-electron chi connectivity index (χ1n) is 10.5. The van der Waals surface area contributed by atoms with Gasteiger partial charge >= 0.3 is 0 Å². The molecule has 0 aliphatic rings. The van der Waals surface area contributed by atoms with Gasteiger partial charge in [0.2, 0.25) is 5.91 Å². The molecule has 174 valence electrons. The summed E-state index contributed by atoms with van der Waals surface area (Å²) in [6.07, 6.45) is 3.38. The van der Waals surface area contributed by atoms with Crippen molar-refractivity contribution >= 4 is 51.4 Å². The molecule has 0 saturated heterocycles. The van der Waals surface area contributed by atoms with Crippen LogP contribution in [0.4, 0.5) is 5.69 Å². The molecule has 7 nitrogen and oxygen atoms in total. The highest BCUT2D eigenvalue weighted by molar-refractivity contribution is 7.80. The molecule has 0 bridgehead atoms. The largest absolute Gasteiger partial charge is 0.493 e. The standard InChI is InChI=1S/C24H26ClN3O4S/c1-5-6-14(2)23(29)28-24(33)27-15-7-8-20(17(25)11-15)32-19-9-10-26-18-13-22(31-4)21(30-3)12-16(18)19/h7-14H,5-6H2,1-4H3,(H2,27,28,29,33). The van der Waals surface area contributed by atoms with Crippen LogP contribution in [0.25, 0.3) is 10.9 Å². The SMILES string of the molecule is CCCC(C)C(=O)NC(=S)Nc1ccc(Oc2ccnc3cc(OC)c(OC)cc23)c(Cl)c1. The van der Waals surface area contributed by atoms with E-state index >= 15 is 0 Å². The van der Waals surface area contributed by atoms with Crippen LogP contribution in [0, 0.1) is 5.92 Å². The second kappa shape index (κ2) is 11.2. The topological polar surface area (TPSA) is 81.7 Å². The van der Waals surface area contributed by atoms with Gasteiger partial charge in [0.1, 0.15) is 11.5 Å². The first kappa shape index (κ1) is 24.5. The molecule has 1 aromatic heterocycles. The number of rotatable bonds is 8. The van der Waals surface area contributed by atoms with Crippen molar-refractivity contribution in [3.8, 4) is 23.0 Å². The normalized spacial score (nSPS) is 11.5. The molecule has 0 aliphatic heterocycles. The zero-order valence-electron chi connectivity index (χ0n) is 18.9. The number of carbonyl (C=O) groups excluding carboxylic acids is 1. The average molecular weight is 488 g/mol. The maximum atomic E-state index is 12.1. The number of hydrogen-bond acceptors (Lipinski definition) is 6. The fourth-order valence-corrected chi connectivity index (χ4v) is 3.72. The van der Waals surface area contributed by atoms with E-state index in [4.69, 9.17) is 38.0 Å². The monoisotopic (exact) mass is 487 g/mol. The lowest BCUT2D eigenvalue weighted by Gasteiger charge is -2.15. The van der Waals surface area contributed by atoms with Crippen LogP contribution >= 0.6 is 23.8 Å². The maximum Gasteiger partial charge on any atom is 0.228 e. The van der Waals surface area contributed by atoms with Crippen LogP contribution in [0.1, 0.15) is 26.7 Å². The summed E-state index contributed by atoms with van der Waals surface area (Å²) in [5, 5.41) is 7.02. The van der Waals surface area contributed by atoms with Gasteiger partial charge in [0, 0.05) is 29.3 Å². The number of hydrogen-bond donors (Lipinski definition) is 2. The van der Waals surface area contributed by atoms with E-state index in [-0.39, 0.29) is 16.9 Å². The number of carbonyl (C=O) groups is 1. The minimum absolute atomic E-state index is 0.108. The fraction of sp³-hybridized carbons (Fsp3) is 0.292. The van der Waals surface area contributed by atoms with Gasteiger partial charge in [-0.05, 0) is 49.0 Å². The molecule has 1 heterocycles. The summed E-state index contributed by atoms with van der Waals surface area (Å²) in [7, 11) is 3.14. The molecular weight excluding hydrogens is 462 g/mol. The highest BCUT2D eigenvalue weighted by atomic mass is 35.5. The molecule has 3 aromatic rings. The van der Waals surface area contributed by atoms with Crippen LogP contribution in [0.5, 0.6) is 23.0 Å². The van der Waals surface area contributed by atoms with Gasteiger partial charge in [-0.1, -0.05) is 31.9 Å². The van der Waals surface area contributed by atoms with Crippen molar-refractivity contribution in [2.24, 2.45) is 5.92 Å². The number of anilines is 1. The highest BCUT2D eigenvalue weighted by Crippen LogP contribution is 2.38. The summed E-state index contributed by atoms with van der Waals surface area (Å²) >= 11 is 11.7. The third kappa shape index (κ3) is 6.03. The lowest BCUT2D eigenvalue weighted by Crippen LogP contribution is -2.37. The number of pyridine rings is 1. The predicted molar refractivity (Wildman–Crippen MR) is 135 cm³/mol. The van der Waals surface area contributed by atoms with Crippen molar-refractivity contribution in [1.82, 2.24) is 10.3 Å². The van der Waals surface area contributed by atoms with E-state index in [2.05, 4.69) is 15.6 Å². The van der Waals surface area contributed by atoms with Crippen LogP contribution in [0.2, 0.25) is 5.02 Å². The molecule has 0 fully saturated rings. The van der Waals surface area contributed by atoms with E-state index in [9.17, 15) is 4.79 Å². The quantitative estimate of drug-likeness (QED) is 0.380. The first-order valence-corrected chi connectivity index (χ1v) is 11.2. The molecule has 1 unspecified atom stereocenters. The van der Waals surface area contributed by atoms with Gasteiger partial charge < -0.3 is 24.8 Å². The van der Waals surface area contributed by atoms with Crippen molar-refractivity contribution in [3.05, 3.63) is 47.6 Å². The van der Waals surface area contributed by atoms with Gasteiger partial charge in [0.05, 0.1) is 24.8 Å². The number of nitrogens with one attached hydrogen (secondary N) is 2. The molecule has 9 heteroatoms. The molecule has 1 amide bonds. The van der Waals surface area contributed by atoms with E-state index < -0.39 is 0 Å². The molecule has 0 aliphatic carbocycles. The van der Waals surface area contributed by atoms with Gasteiger partial charge in [-0.3, -0.25) is 9.78 Å². The summed E-state index contributed by atoms with van der Waals surface area (Å²) in [5.41, 5.74) is 1.32. The molecule has 0 radical (unpaired) electrons. The predicted octanol–water partition coefficient (Wildman–Crippen LogP) is 5.95. The number of aromatic nitrogens is 1. The highest BCUT2D eigenvalue weighted by Gasteiger charge is 2.15. The van der Waals surface area contributed by atoms with Gasteiger partial charge in [0.15, 0.2) is 16.6 Å². The van der Waals surface area contributed by atoms with E-state index in [1.807, 2.05) is 13.8 Å². The Hall–Kier alpha value is -3.10. The van der Waals surface area contributed by atoms with Gasteiger partial charge in [0.25, 0.3) is 0 Å².